The Morgan fingerprint density at radius 1 is 0.960 bits per heavy atom. The Labute approximate surface area is 147 Å². The standard InChI is InChI=1S/C21H21N3O/c1-16-7-5-6-10-18(16)14-23-20-11-19(13-22-15-20)21(25)24-12-17-8-3-2-4-9-17/h2-11,13,15,23H,12,14H2,1H3,(H,24,25). The fourth-order valence-corrected chi connectivity index (χ4v) is 2.55. The van der Waals surface area contributed by atoms with E-state index in [1.54, 1.807) is 12.4 Å². The summed E-state index contributed by atoms with van der Waals surface area (Å²) in [6, 6.07) is 19.9. The molecule has 1 amide bonds. The van der Waals surface area contributed by atoms with Gasteiger partial charge >= 0.3 is 0 Å². The van der Waals surface area contributed by atoms with Crippen molar-refractivity contribution in [3.05, 3.63) is 95.3 Å². The number of pyridine rings is 1. The molecular weight excluding hydrogens is 310 g/mol. The van der Waals surface area contributed by atoms with E-state index >= 15 is 0 Å². The van der Waals surface area contributed by atoms with E-state index in [0.29, 0.717) is 18.7 Å². The van der Waals surface area contributed by atoms with Crippen molar-refractivity contribution in [2.45, 2.75) is 20.0 Å². The molecule has 126 valence electrons. The van der Waals surface area contributed by atoms with Crippen LogP contribution in [0.3, 0.4) is 0 Å². The zero-order chi connectivity index (χ0) is 17.5. The first-order valence-corrected chi connectivity index (χ1v) is 8.28. The molecule has 4 nitrogen and oxygen atoms in total. The normalized spacial score (nSPS) is 10.3. The number of hydrogen-bond donors (Lipinski definition) is 2. The molecule has 0 spiro atoms. The number of nitrogens with one attached hydrogen (secondary N) is 2. The van der Waals surface area contributed by atoms with Gasteiger partial charge in [-0.05, 0) is 29.7 Å². The summed E-state index contributed by atoms with van der Waals surface area (Å²) < 4.78 is 0. The maximum absolute atomic E-state index is 12.3. The molecule has 0 radical (unpaired) electrons. The van der Waals surface area contributed by atoms with Crippen molar-refractivity contribution in [1.29, 1.82) is 0 Å². The molecule has 3 rings (SSSR count). The topological polar surface area (TPSA) is 54.0 Å². The maximum Gasteiger partial charge on any atom is 0.253 e. The minimum absolute atomic E-state index is 0.129. The second-order valence-corrected chi connectivity index (χ2v) is 5.91. The van der Waals surface area contributed by atoms with Crippen LogP contribution in [0.25, 0.3) is 0 Å². The molecule has 0 aliphatic carbocycles. The molecule has 0 saturated heterocycles. The van der Waals surface area contributed by atoms with Crippen LogP contribution in [0.1, 0.15) is 27.0 Å². The number of benzene rings is 2. The van der Waals surface area contributed by atoms with Crippen LogP contribution in [-0.4, -0.2) is 10.9 Å². The van der Waals surface area contributed by atoms with E-state index in [1.807, 2.05) is 48.5 Å². The molecule has 3 aromatic rings. The first-order chi connectivity index (χ1) is 12.2. The zero-order valence-corrected chi connectivity index (χ0v) is 14.2. The number of amides is 1. The van der Waals surface area contributed by atoms with Gasteiger partial charge in [0.25, 0.3) is 5.91 Å². The number of nitrogens with zero attached hydrogens (tertiary/aromatic N) is 1. The second kappa shape index (κ2) is 8.11. The van der Waals surface area contributed by atoms with Gasteiger partial charge in [0.1, 0.15) is 0 Å². The van der Waals surface area contributed by atoms with E-state index in [-0.39, 0.29) is 5.91 Å². The van der Waals surface area contributed by atoms with Crippen LogP contribution in [0.5, 0.6) is 0 Å². The molecule has 0 aliphatic rings. The molecule has 25 heavy (non-hydrogen) atoms. The monoisotopic (exact) mass is 331 g/mol. The Morgan fingerprint density at radius 3 is 2.52 bits per heavy atom. The van der Waals surface area contributed by atoms with E-state index in [1.165, 1.54) is 11.1 Å². The van der Waals surface area contributed by atoms with Crippen molar-refractivity contribution in [3.8, 4) is 0 Å². The van der Waals surface area contributed by atoms with Crippen LogP contribution in [0.15, 0.2) is 73.1 Å². The molecule has 2 N–H and O–H groups in total. The molecule has 1 heterocycles. The Bertz CT molecular complexity index is 847. The highest BCUT2D eigenvalue weighted by Crippen LogP contribution is 2.13. The third-order valence-corrected chi connectivity index (χ3v) is 4.04. The minimum atomic E-state index is -0.129. The summed E-state index contributed by atoms with van der Waals surface area (Å²) in [4.78, 5) is 16.5. The highest BCUT2D eigenvalue weighted by molar-refractivity contribution is 5.94. The van der Waals surface area contributed by atoms with Crippen LogP contribution in [0, 0.1) is 6.92 Å². The second-order valence-electron chi connectivity index (χ2n) is 5.91. The molecule has 0 bridgehead atoms. The van der Waals surface area contributed by atoms with Crippen molar-refractivity contribution < 1.29 is 4.79 Å². The Kier molecular flexibility index (Phi) is 5.42. The number of carbonyl (C=O) groups is 1. The van der Waals surface area contributed by atoms with Crippen molar-refractivity contribution in [2.24, 2.45) is 0 Å². The summed E-state index contributed by atoms with van der Waals surface area (Å²) in [6.07, 6.45) is 3.31. The zero-order valence-electron chi connectivity index (χ0n) is 14.2. The van der Waals surface area contributed by atoms with Crippen LogP contribution in [0.4, 0.5) is 5.69 Å². The van der Waals surface area contributed by atoms with Crippen molar-refractivity contribution in [2.75, 3.05) is 5.32 Å². The number of rotatable bonds is 6. The average molecular weight is 331 g/mol. The third-order valence-electron chi connectivity index (χ3n) is 4.04. The van der Waals surface area contributed by atoms with Gasteiger partial charge in [0, 0.05) is 25.5 Å². The van der Waals surface area contributed by atoms with Crippen LogP contribution in [0.2, 0.25) is 0 Å². The number of carbonyl (C=O) groups excluding carboxylic acids is 1. The first-order valence-electron chi connectivity index (χ1n) is 8.28. The van der Waals surface area contributed by atoms with Crippen molar-refractivity contribution in [3.63, 3.8) is 0 Å². The highest BCUT2D eigenvalue weighted by atomic mass is 16.1. The Hall–Kier alpha value is -3.14. The third kappa shape index (κ3) is 4.67. The predicted molar refractivity (Wildman–Crippen MR) is 100 cm³/mol. The fourth-order valence-electron chi connectivity index (χ4n) is 2.55. The Balaban J connectivity index is 1.61. The lowest BCUT2D eigenvalue weighted by Crippen LogP contribution is -2.23. The summed E-state index contributed by atoms with van der Waals surface area (Å²) in [5.74, 6) is -0.129. The lowest BCUT2D eigenvalue weighted by molar-refractivity contribution is 0.0950. The van der Waals surface area contributed by atoms with Gasteiger partial charge in [-0.1, -0.05) is 54.6 Å². The highest BCUT2D eigenvalue weighted by Gasteiger charge is 2.07. The first kappa shape index (κ1) is 16.7. The Morgan fingerprint density at radius 2 is 1.72 bits per heavy atom. The molecular formula is C21H21N3O. The van der Waals surface area contributed by atoms with Gasteiger partial charge in [-0.15, -0.1) is 0 Å². The smallest absolute Gasteiger partial charge is 0.253 e. The van der Waals surface area contributed by atoms with E-state index < -0.39 is 0 Å². The predicted octanol–water partition coefficient (Wildman–Crippen LogP) is 3.93. The molecule has 0 fully saturated rings. The lowest BCUT2D eigenvalue weighted by Gasteiger charge is -2.10. The van der Waals surface area contributed by atoms with E-state index in [4.69, 9.17) is 0 Å². The molecule has 0 unspecified atom stereocenters. The number of anilines is 1. The SMILES string of the molecule is Cc1ccccc1CNc1cncc(C(=O)NCc2ccccc2)c1. The summed E-state index contributed by atoms with van der Waals surface area (Å²) in [5, 5.41) is 6.25. The number of aromatic nitrogens is 1. The summed E-state index contributed by atoms with van der Waals surface area (Å²) in [6.45, 7) is 3.28. The number of hydrogen-bond acceptors (Lipinski definition) is 3. The van der Waals surface area contributed by atoms with Crippen molar-refractivity contribution >= 4 is 11.6 Å². The van der Waals surface area contributed by atoms with Gasteiger partial charge in [0.15, 0.2) is 0 Å². The molecule has 0 atom stereocenters. The van der Waals surface area contributed by atoms with Gasteiger partial charge in [0.2, 0.25) is 0 Å². The van der Waals surface area contributed by atoms with Gasteiger partial charge < -0.3 is 10.6 Å². The van der Waals surface area contributed by atoms with Gasteiger partial charge in [-0.3, -0.25) is 9.78 Å². The van der Waals surface area contributed by atoms with E-state index in [9.17, 15) is 4.79 Å². The molecule has 1 aromatic heterocycles. The summed E-state index contributed by atoms with van der Waals surface area (Å²) in [5.41, 5.74) is 4.90. The van der Waals surface area contributed by atoms with E-state index in [0.717, 1.165) is 11.3 Å². The van der Waals surface area contributed by atoms with Gasteiger partial charge in [-0.2, -0.15) is 0 Å². The largest absolute Gasteiger partial charge is 0.380 e. The van der Waals surface area contributed by atoms with Crippen LogP contribution in [-0.2, 0) is 13.1 Å². The van der Waals surface area contributed by atoms with Crippen molar-refractivity contribution in [1.82, 2.24) is 10.3 Å². The molecule has 0 aliphatic heterocycles. The summed E-state index contributed by atoms with van der Waals surface area (Å²) >= 11 is 0. The quantitative estimate of drug-likeness (QED) is 0.719. The van der Waals surface area contributed by atoms with Gasteiger partial charge in [0.05, 0.1) is 11.3 Å². The maximum atomic E-state index is 12.3. The van der Waals surface area contributed by atoms with Gasteiger partial charge in [-0.25, -0.2) is 0 Å². The molecule has 4 heteroatoms. The lowest BCUT2D eigenvalue weighted by atomic mass is 10.1. The fraction of sp³-hybridized carbons (Fsp3) is 0.143. The molecule has 0 saturated carbocycles. The summed E-state index contributed by atoms with van der Waals surface area (Å²) in [7, 11) is 0. The van der Waals surface area contributed by atoms with Crippen LogP contribution < -0.4 is 10.6 Å². The minimum Gasteiger partial charge on any atom is -0.380 e. The number of aryl methyl sites for hydroxylation is 1. The van der Waals surface area contributed by atoms with E-state index in [2.05, 4.69) is 34.7 Å². The average Bonchev–Trinajstić information content (AvgIpc) is 2.66. The molecule has 2 aromatic carbocycles. The van der Waals surface area contributed by atoms with Crippen LogP contribution >= 0.6 is 0 Å².